The van der Waals surface area contributed by atoms with Crippen molar-refractivity contribution in [2.45, 2.75) is 80.6 Å². The number of piperidine rings is 1. The van der Waals surface area contributed by atoms with E-state index in [1.54, 1.807) is 18.2 Å². The van der Waals surface area contributed by atoms with Gasteiger partial charge in [0.15, 0.2) is 0 Å². The van der Waals surface area contributed by atoms with Crippen LogP contribution in [0.1, 0.15) is 79.7 Å². The number of benzene rings is 1. The zero-order valence-corrected chi connectivity index (χ0v) is 23.0. The van der Waals surface area contributed by atoms with Gasteiger partial charge < -0.3 is 4.90 Å². The largest absolute Gasteiger partial charge is 0.342 e. The van der Waals surface area contributed by atoms with Crippen LogP contribution in [0.5, 0.6) is 0 Å². The summed E-state index contributed by atoms with van der Waals surface area (Å²) in [5.41, 5.74) is 3.26. The average molecular weight is 483 g/mol. The van der Waals surface area contributed by atoms with Gasteiger partial charge in [-0.1, -0.05) is 99.7 Å². The van der Waals surface area contributed by atoms with Crippen molar-refractivity contribution in [3.05, 3.63) is 70.3 Å². The summed E-state index contributed by atoms with van der Waals surface area (Å²) in [5.74, 6) is 0.495. The number of carbonyl (C=O) groups is 1. The Morgan fingerprint density at radius 3 is 2.12 bits per heavy atom. The monoisotopic (exact) mass is 481 g/mol. The van der Waals surface area contributed by atoms with E-state index >= 15 is 0 Å². The lowest BCUT2D eigenvalue weighted by Crippen LogP contribution is -2.41. The second-order valence-corrected chi connectivity index (χ2v) is 9.04. The van der Waals surface area contributed by atoms with Gasteiger partial charge in [-0.3, -0.25) is 4.79 Å². The average Bonchev–Trinajstić information content (AvgIpc) is 2.72. The minimum absolute atomic E-state index is 0.137. The Labute approximate surface area is 208 Å². The number of amides is 1. The molecule has 1 atom stereocenters. The van der Waals surface area contributed by atoms with E-state index in [9.17, 15) is 4.79 Å². The number of hydrogen-bond donors (Lipinski definition) is 0. The molecule has 1 aliphatic heterocycles. The molecule has 32 heavy (non-hydrogen) atoms. The smallest absolute Gasteiger partial charge is 0.227 e. The molecule has 2 nitrogen and oxygen atoms in total. The van der Waals surface area contributed by atoms with E-state index in [-0.39, 0.29) is 5.91 Å². The SMILES string of the molecule is C=C(C=C(C)C)C1CCCN(C(=O)Cc2ccc(Cl)c(Cl)c2)C1.C=CC.CCC.CCC. The first-order valence-corrected chi connectivity index (χ1v) is 12.5. The molecule has 1 aromatic carbocycles. The maximum Gasteiger partial charge on any atom is 0.227 e. The Hall–Kier alpha value is -1.51. The Morgan fingerprint density at radius 2 is 1.66 bits per heavy atom. The third-order valence-corrected chi connectivity index (χ3v) is 4.85. The van der Waals surface area contributed by atoms with Gasteiger partial charge in [-0.15, -0.1) is 6.58 Å². The van der Waals surface area contributed by atoms with Crippen LogP contribution in [0.25, 0.3) is 0 Å². The van der Waals surface area contributed by atoms with Crippen molar-refractivity contribution < 1.29 is 4.79 Å². The normalized spacial score (nSPS) is 14.3. The van der Waals surface area contributed by atoms with Gasteiger partial charge in [-0.25, -0.2) is 0 Å². The van der Waals surface area contributed by atoms with E-state index in [0.717, 1.165) is 37.1 Å². The molecule has 0 spiro atoms. The van der Waals surface area contributed by atoms with Crippen molar-refractivity contribution >= 4 is 29.1 Å². The number of rotatable bonds is 4. The first-order valence-electron chi connectivity index (χ1n) is 11.7. The van der Waals surface area contributed by atoms with Gasteiger partial charge in [0.2, 0.25) is 5.91 Å². The molecule has 2 rings (SSSR count). The summed E-state index contributed by atoms with van der Waals surface area (Å²) in [7, 11) is 0. The molecule has 182 valence electrons. The van der Waals surface area contributed by atoms with Crippen LogP contribution >= 0.6 is 23.2 Å². The molecule has 4 heteroatoms. The van der Waals surface area contributed by atoms with E-state index in [1.807, 2.05) is 17.9 Å². The summed E-state index contributed by atoms with van der Waals surface area (Å²) in [6, 6.07) is 5.36. The molecule has 1 saturated heterocycles. The zero-order chi connectivity index (χ0) is 25.1. The van der Waals surface area contributed by atoms with Crippen LogP contribution in [-0.2, 0) is 11.2 Å². The number of hydrogen-bond acceptors (Lipinski definition) is 1. The van der Waals surface area contributed by atoms with Crippen LogP contribution in [-0.4, -0.2) is 23.9 Å². The molecule has 1 heterocycles. The van der Waals surface area contributed by atoms with Crippen LogP contribution in [0.4, 0.5) is 0 Å². The molecule has 0 radical (unpaired) electrons. The summed E-state index contributed by atoms with van der Waals surface area (Å²) in [6.07, 6.45) is 8.85. The molecule has 0 aromatic heterocycles. The molecule has 1 unspecified atom stereocenters. The molecule has 1 aromatic rings. The van der Waals surface area contributed by atoms with Gasteiger partial charge in [0.1, 0.15) is 0 Å². The molecule has 1 amide bonds. The Morgan fingerprint density at radius 1 is 1.12 bits per heavy atom. The highest BCUT2D eigenvalue weighted by Gasteiger charge is 2.24. The van der Waals surface area contributed by atoms with Crippen molar-refractivity contribution in [3.63, 3.8) is 0 Å². The third kappa shape index (κ3) is 15.3. The highest BCUT2D eigenvalue weighted by Crippen LogP contribution is 2.26. The van der Waals surface area contributed by atoms with E-state index < -0.39 is 0 Å². The van der Waals surface area contributed by atoms with Crippen molar-refractivity contribution in [1.82, 2.24) is 4.90 Å². The Balaban J connectivity index is 0. The minimum Gasteiger partial charge on any atom is -0.342 e. The fourth-order valence-electron chi connectivity index (χ4n) is 2.93. The number of carbonyl (C=O) groups excluding carboxylic acids is 1. The van der Waals surface area contributed by atoms with E-state index in [1.165, 1.54) is 18.4 Å². The first kappa shape index (κ1) is 32.7. The summed E-state index contributed by atoms with van der Waals surface area (Å²) in [6.45, 7) is 23.6. The van der Waals surface area contributed by atoms with Crippen LogP contribution in [0.2, 0.25) is 10.0 Å². The van der Waals surface area contributed by atoms with Crippen LogP contribution in [0.15, 0.2) is 54.7 Å². The molecular formula is C28H45Cl2NO. The van der Waals surface area contributed by atoms with Gasteiger partial charge in [-0.05, 0) is 51.3 Å². The van der Waals surface area contributed by atoms with E-state index in [2.05, 4.69) is 60.8 Å². The van der Waals surface area contributed by atoms with Crippen molar-refractivity contribution in [2.75, 3.05) is 13.1 Å². The number of nitrogens with zero attached hydrogens (tertiary/aromatic N) is 1. The second kappa shape index (κ2) is 20.1. The van der Waals surface area contributed by atoms with Gasteiger partial charge >= 0.3 is 0 Å². The van der Waals surface area contributed by atoms with Gasteiger partial charge in [0.05, 0.1) is 16.5 Å². The van der Waals surface area contributed by atoms with Gasteiger partial charge in [-0.2, -0.15) is 0 Å². The molecule has 0 bridgehead atoms. The minimum atomic E-state index is 0.137. The quantitative estimate of drug-likeness (QED) is 0.309. The van der Waals surface area contributed by atoms with E-state index in [0.29, 0.717) is 22.4 Å². The Bertz CT molecular complexity index is 703. The predicted molar refractivity (Wildman–Crippen MR) is 146 cm³/mol. The predicted octanol–water partition coefficient (Wildman–Crippen LogP) is 9.32. The molecule has 1 fully saturated rings. The fraction of sp³-hybridized carbons (Fsp3) is 0.536. The highest BCUT2D eigenvalue weighted by molar-refractivity contribution is 6.42. The summed E-state index contributed by atoms with van der Waals surface area (Å²) >= 11 is 11.9. The molecule has 0 N–H and O–H groups in total. The van der Waals surface area contributed by atoms with Crippen LogP contribution < -0.4 is 0 Å². The zero-order valence-electron chi connectivity index (χ0n) is 21.4. The third-order valence-electron chi connectivity index (χ3n) is 4.11. The lowest BCUT2D eigenvalue weighted by molar-refractivity contribution is -0.131. The maximum atomic E-state index is 12.6. The standard InChI is InChI=1S/C19H23Cl2NO.2C3H8.C3H6/c1-13(2)9-14(3)16-5-4-8-22(12-16)19(23)11-15-6-7-17(20)18(21)10-15;3*1-3-2/h6-7,9-10,16H,3-5,8,11-12H2,1-2H3;2*3H2,1-2H3;3H,1H2,2H3. The fourth-order valence-corrected chi connectivity index (χ4v) is 3.25. The summed E-state index contributed by atoms with van der Waals surface area (Å²) in [5, 5.41) is 1.00. The molecular weight excluding hydrogens is 437 g/mol. The number of halogens is 2. The van der Waals surface area contributed by atoms with Crippen LogP contribution in [0.3, 0.4) is 0 Å². The van der Waals surface area contributed by atoms with Gasteiger partial charge in [0, 0.05) is 19.0 Å². The molecule has 0 aliphatic carbocycles. The number of allylic oxidation sites excluding steroid dienone is 3. The summed E-state index contributed by atoms with van der Waals surface area (Å²) < 4.78 is 0. The Kier molecular flexibility index (Phi) is 20.5. The van der Waals surface area contributed by atoms with Crippen molar-refractivity contribution in [2.24, 2.45) is 5.92 Å². The molecule has 1 aliphatic rings. The lowest BCUT2D eigenvalue weighted by Gasteiger charge is -2.33. The molecule has 0 saturated carbocycles. The van der Waals surface area contributed by atoms with Crippen molar-refractivity contribution in [3.8, 4) is 0 Å². The highest BCUT2D eigenvalue weighted by atomic mass is 35.5. The summed E-state index contributed by atoms with van der Waals surface area (Å²) in [4.78, 5) is 14.5. The maximum absolute atomic E-state index is 12.6. The van der Waals surface area contributed by atoms with E-state index in [4.69, 9.17) is 23.2 Å². The first-order chi connectivity index (χ1) is 15.1. The lowest BCUT2D eigenvalue weighted by atomic mass is 9.90. The van der Waals surface area contributed by atoms with Crippen molar-refractivity contribution in [1.29, 1.82) is 0 Å². The van der Waals surface area contributed by atoms with Gasteiger partial charge in [0.25, 0.3) is 0 Å². The number of likely N-dealkylation sites (tertiary alicyclic amines) is 1. The second-order valence-electron chi connectivity index (χ2n) is 8.22. The topological polar surface area (TPSA) is 20.3 Å². The van der Waals surface area contributed by atoms with Crippen LogP contribution in [0, 0.1) is 5.92 Å².